The molecule has 0 atom stereocenters. The summed E-state index contributed by atoms with van der Waals surface area (Å²) >= 11 is 0. The molecule has 2 N–H and O–H groups in total. The van der Waals surface area contributed by atoms with E-state index in [1.54, 1.807) is 0 Å². The van der Waals surface area contributed by atoms with Gasteiger partial charge in [-0.2, -0.15) is 0 Å². The third-order valence-corrected chi connectivity index (χ3v) is 4.70. The Balaban J connectivity index is 1.57. The van der Waals surface area contributed by atoms with Gasteiger partial charge in [-0.3, -0.25) is 14.2 Å². The summed E-state index contributed by atoms with van der Waals surface area (Å²) in [5, 5.41) is 15.7. The number of aromatic nitrogens is 4. The van der Waals surface area contributed by atoms with Gasteiger partial charge in [0.05, 0.1) is 11.7 Å². The monoisotopic (exact) mass is 407 g/mol. The topological polar surface area (TPSA) is 173 Å². The smallest absolute Gasteiger partial charge is 0.330 e. The first-order chi connectivity index (χ1) is 13.2. The van der Waals surface area contributed by atoms with Crippen molar-refractivity contribution >= 4 is 30.7 Å². The number of hydrogen-bond acceptors (Lipinski definition) is 9. The van der Waals surface area contributed by atoms with Crippen molar-refractivity contribution in [2.24, 2.45) is 0 Å². The van der Waals surface area contributed by atoms with E-state index in [4.69, 9.17) is 14.6 Å². The van der Waals surface area contributed by atoms with Crippen LogP contribution in [0.15, 0.2) is 24.3 Å². The first-order valence-electron chi connectivity index (χ1n) is 8.03. The van der Waals surface area contributed by atoms with E-state index in [2.05, 4.69) is 20.4 Å². The zero-order chi connectivity index (χ0) is 20.3. The van der Waals surface area contributed by atoms with E-state index in [0.29, 0.717) is 10.6 Å². The fraction of sp³-hybridized carbons (Fsp3) is 0.267. The van der Waals surface area contributed by atoms with Crippen molar-refractivity contribution in [1.29, 1.82) is 0 Å². The minimum absolute atomic E-state index is 0.0136. The van der Waals surface area contributed by atoms with Gasteiger partial charge in [0.1, 0.15) is 0 Å². The van der Waals surface area contributed by atoms with Crippen LogP contribution in [0.2, 0.25) is 0 Å². The second-order valence-electron chi connectivity index (χ2n) is 5.78. The summed E-state index contributed by atoms with van der Waals surface area (Å²) in [5.74, 6) is -1.63. The summed E-state index contributed by atoms with van der Waals surface area (Å²) < 4.78 is 11.2. The van der Waals surface area contributed by atoms with E-state index < -0.39 is 25.4 Å². The molecule has 28 heavy (non-hydrogen) atoms. The molecule has 12 nitrogen and oxygen atoms in total. The minimum Gasteiger partial charge on any atom is -0.330 e. The molecule has 2 amide bonds. The van der Waals surface area contributed by atoms with Crippen molar-refractivity contribution in [3.8, 4) is 11.4 Å². The van der Waals surface area contributed by atoms with Crippen LogP contribution < -0.4 is 5.30 Å². The molecule has 0 saturated carbocycles. The maximum atomic E-state index is 11.7. The van der Waals surface area contributed by atoms with Crippen molar-refractivity contribution in [1.82, 2.24) is 25.5 Å². The highest BCUT2D eigenvalue weighted by Gasteiger charge is 2.32. The van der Waals surface area contributed by atoms with Gasteiger partial charge >= 0.3 is 13.6 Å². The van der Waals surface area contributed by atoms with Gasteiger partial charge < -0.3 is 14.6 Å². The van der Waals surface area contributed by atoms with Gasteiger partial charge in [-0.15, -0.1) is 25.5 Å². The third kappa shape index (κ3) is 4.60. The molecular weight excluding hydrogens is 393 g/mol. The Morgan fingerprint density at radius 3 is 2.14 bits per heavy atom. The van der Waals surface area contributed by atoms with E-state index in [-0.39, 0.29) is 42.6 Å². The number of imide groups is 1. The van der Waals surface area contributed by atoms with Crippen molar-refractivity contribution in [2.45, 2.75) is 25.7 Å². The Bertz CT molecular complexity index is 942. The lowest BCUT2D eigenvalue weighted by molar-refractivity contribution is -0.197. The van der Waals surface area contributed by atoms with Crippen molar-refractivity contribution in [3.63, 3.8) is 0 Å². The highest BCUT2D eigenvalue weighted by atomic mass is 31.2. The summed E-state index contributed by atoms with van der Waals surface area (Å²) in [5.41, 5.74) is 0.453. The van der Waals surface area contributed by atoms with Crippen molar-refractivity contribution < 1.29 is 33.6 Å². The lowest BCUT2D eigenvalue weighted by Crippen LogP contribution is -2.32. The summed E-state index contributed by atoms with van der Waals surface area (Å²) in [6.07, 6.45) is -0.122. The van der Waals surface area contributed by atoms with Crippen LogP contribution in [0.4, 0.5) is 0 Å². The van der Waals surface area contributed by atoms with E-state index in [9.17, 15) is 18.9 Å². The normalized spacial score (nSPS) is 14.4. The number of carbonyl (C=O) groups excluding carboxylic acids is 3. The quantitative estimate of drug-likeness (QED) is 0.457. The molecular formula is C15H14N5O7P. The zero-order valence-electron chi connectivity index (χ0n) is 14.3. The summed E-state index contributed by atoms with van der Waals surface area (Å²) in [4.78, 5) is 57.4. The molecule has 0 unspecified atom stereocenters. The number of hydrogen-bond donors (Lipinski definition) is 2. The van der Waals surface area contributed by atoms with Crippen LogP contribution in [-0.4, -0.2) is 53.0 Å². The Hall–Kier alpha value is -3.08. The summed E-state index contributed by atoms with van der Waals surface area (Å²) in [7, 11) is -4.34. The molecule has 2 heterocycles. The summed E-state index contributed by atoms with van der Waals surface area (Å²) in [6, 6.07) is 5.36. The second kappa shape index (κ2) is 7.89. The second-order valence-corrected chi connectivity index (χ2v) is 7.38. The van der Waals surface area contributed by atoms with Gasteiger partial charge in [-0.1, -0.05) is 12.1 Å². The zero-order valence-corrected chi connectivity index (χ0v) is 15.2. The molecule has 0 spiro atoms. The number of aryl methyl sites for hydroxylation is 1. The van der Waals surface area contributed by atoms with E-state index >= 15 is 0 Å². The molecule has 1 aromatic carbocycles. The number of rotatable bonds is 6. The molecule has 1 saturated heterocycles. The van der Waals surface area contributed by atoms with Gasteiger partial charge in [0.25, 0.3) is 11.8 Å². The SMILES string of the molecule is O=C(CCc1nnc(-c2ccc(P(=O)(O)O)cc2)nn1)ON1C(=O)CCC1=O. The molecule has 1 aromatic heterocycles. The minimum atomic E-state index is -4.34. The predicted molar refractivity (Wildman–Crippen MR) is 90.2 cm³/mol. The van der Waals surface area contributed by atoms with Crippen LogP contribution in [0.25, 0.3) is 11.4 Å². The Morgan fingerprint density at radius 2 is 1.61 bits per heavy atom. The molecule has 2 aromatic rings. The fourth-order valence-corrected chi connectivity index (χ4v) is 2.83. The standard InChI is InChI=1S/C15H14N5O7P/c21-12-6-7-13(22)20(12)27-14(23)8-5-11-16-18-15(19-17-11)9-1-3-10(4-2-9)28(24,25)26/h1-4H,5-8H2,(H2,24,25,26). The predicted octanol–water partition coefficient (Wildman–Crippen LogP) is -0.724. The summed E-state index contributed by atoms with van der Waals surface area (Å²) in [6.45, 7) is 0. The molecule has 1 aliphatic heterocycles. The number of benzene rings is 1. The molecule has 3 rings (SSSR count). The molecule has 1 aliphatic rings. The van der Waals surface area contributed by atoms with Crippen LogP contribution >= 0.6 is 7.60 Å². The average molecular weight is 407 g/mol. The third-order valence-electron chi connectivity index (χ3n) is 3.73. The maximum Gasteiger partial charge on any atom is 0.356 e. The Morgan fingerprint density at radius 1 is 1.04 bits per heavy atom. The average Bonchev–Trinajstić information content (AvgIpc) is 2.98. The first-order valence-corrected chi connectivity index (χ1v) is 9.64. The van der Waals surface area contributed by atoms with Gasteiger partial charge in [-0.25, -0.2) is 4.79 Å². The molecule has 0 radical (unpaired) electrons. The number of nitrogens with zero attached hydrogens (tertiary/aromatic N) is 5. The number of carbonyl (C=O) groups is 3. The van der Waals surface area contributed by atoms with E-state index in [0.717, 1.165) is 0 Å². The van der Waals surface area contributed by atoms with Crippen LogP contribution in [0.1, 0.15) is 25.1 Å². The number of hydroxylamine groups is 2. The Labute approximate surface area is 157 Å². The highest BCUT2D eigenvalue weighted by molar-refractivity contribution is 7.60. The first kappa shape index (κ1) is 19.7. The van der Waals surface area contributed by atoms with E-state index in [1.165, 1.54) is 24.3 Å². The van der Waals surface area contributed by atoms with Crippen LogP contribution in [-0.2, 0) is 30.2 Å². The van der Waals surface area contributed by atoms with Crippen LogP contribution in [0.5, 0.6) is 0 Å². The molecule has 146 valence electrons. The van der Waals surface area contributed by atoms with Crippen molar-refractivity contribution in [3.05, 3.63) is 30.1 Å². The van der Waals surface area contributed by atoms with Gasteiger partial charge in [-0.05, 0) is 12.1 Å². The van der Waals surface area contributed by atoms with Crippen LogP contribution in [0.3, 0.4) is 0 Å². The number of amides is 2. The highest BCUT2D eigenvalue weighted by Crippen LogP contribution is 2.33. The van der Waals surface area contributed by atoms with Crippen molar-refractivity contribution in [2.75, 3.05) is 0 Å². The molecule has 0 aliphatic carbocycles. The van der Waals surface area contributed by atoms with Gasteiger partial charge in [0.2, 0.25) is 5.82 Å². The maximum absolute atomic E-state index is 11.7. The van der Waals surface area contributed by atoms with Gasteiger partial charge in [0.15, 0.2) is 5.82 Å². The largest absolute Gasteiger partial charge is 0.356 e. The lowest BCUT2D eigenvalue weighted by atomic mass is 10.2. The molecule has 13 heteroatoms. The van der Waals surface area contributed by atoms with E-state index in [1.807, 2.05) is 0 Å². The molecule has 1 fully saturated rings. The molecule has 0 bridgehead atoms. The fourth-order valence-electron chi connectivity index (χ4n) is 2.29. The Kier molecular flexibility index (Phi) is 5.54. The lowest BCUT2D eigenvalue weighted by Gasteiger charge is -2.11. The van der Waals surface area contributed by atoms with Crippen LogP contribution in [0, 0.1) is 0 Å². The van der Waals surface area contributed by atoms with Gasteiger partial charge in [0, 0.05) is 24.8 Å².